The Hall–Kier alpha value is -2.57. The van der Waals surface area contributed by atoms with Crippen LogP contribution in [0.15, 0.2) is 27.7 Å². The second-order valence-electron chi connectivity index (χ2n) is 6.95. The van der Waals surface area contributed by atoms with E-state index in [1.165, 1.54) is 25.7 Å². The number of hydrogen-bond donors (Lipinski definition) is 2. The molecule has 0 spiro atoms. The van der Waals surface area contributed by atoms with Crippen LogP contribution in [0.25, 0.3) is 0 Å². The minimum absolute atomic E-state index is 0.500. The first kappa shape index (κ1) is 19.2. The molecule has 0 amide bonds. The van der Waals surface area contributed by atoms with Crippen LogP contribution in [-0.4, -0.2) is 36.1 Å². The number of oxazole rings is 1. The molecule has 7 nitrogen and oxygen atoms in total. The van der Waals surface area contributed by atoms with Gasteiger partial charge in [-0.3, -0.25) is 4.99 Å². The molecule has 0 radical (unpaired) electrons. The number of aryl methyl sites for hydroxylation is 2. The Balaban J connectivity index is 1.49. The first-order valence-corrected chi connectivity index (χ1v) is 9.73. The Morgan fingerprint density at radius 2 is 1.85 bits per heavy atom. The van der Waals surface area contributed by atoms with Crippen LogP contribution < -0.4 is 15.5 Å². The predicted octanol–water partition coefficient (Wildman–Crippen LogP) is 2.93. The summed E-state index contributed by atoms with van der Waals surface area (Å²) in [4.78, 5) is 15.7. The van der Waals surface area contributed by atoms with Gasteiger partial charge in [-0.25, -0.2) is 9.97 Å². The van der Waals surface area contributed by atoms with E-state index in [4.69, 9.17) is 4.42 Å². The molecule has 3 rings (SSSR count). The van der Waals surface area contributed by atoms with Gasteiger partial charge in [0.1, 0.15) is 11.6 Å². The molecule has 0 saturated carbocycles. The molecule has 1 saturated heterocycles. The van der Waals surface area contributed by atoms with E-state index >= 15 is 0 Å². The summed E-state index contributed by atoms with van der Waals surface area (Å²) in [5, 5.41) is 6.52. The summed E-state index contributed by atoms with van der Waals surface area (Å²) in [6.45, 7) is 7.25. The smallest absolute Gasteiger partial charge is 0.214 e. The van der Waals surface area contributed by atoms with Crippen LogP contribution in [0.2, 0.25) is 0 Å². The average molecular weight is 371 g/mol. The highest BCUT2D eigenvalue weighted by Gasteiger charge is 2.11. The monoisotopic (exact) mass is 370 g/mol. The number of hydrogen-bond acceptors (Lipinski definition) is 5. The van der Waals surface area contributed by atoms with E-state index in [0.717, 1.165) is 35.9 Å². The van der Waals surface area contributed by atoms with Crippen LogP contribution in [0.1, 0.15) is 48.6 Å². The molecule has 0 aromatic carbocycles. The Morgan fingerprint density at radius 3 is 2.44 bits per heavy atom. The minimum Gasteiger partial charge on any atom is -0.444 e. The molecular formula is C20H30N6O. The Bertz CT molecular complexity index is 725. The quantitative estimate of drug-likeness (QED) is 0.622. The van der Waals surface area contributed by atoms with Gasteiger partial charge in [0.25, 0.3) is 0 Å². The first-order valence-electron chi connectivity index (χ1n) is 9.73. The molecule has 0 bridgehead atoms. The van der Waals surface area contributed by atoms with Crippen molar-refractivity contribution in [3.05, 3.63) is 41.2 Å². The first-order chi connectivity index (χ1) is 13.2. The average Bonchev–Trinajstić information content (AvgIpc) is 2.88. The van der Waals surface area contributed by atoms with E-state index in [9.17, 15) is 0 Å². The van der Waals surface area contributed by atoms with Crippen molar-refractivity contribution in [2.24, 2.45) is 4.99 Å². The molecule has 0 unspecified atom stereocenters. The lowest BCUT2D eigenvalue weighted by Gasteiger charge is -2.21. The summed E-state index contributed by atoms with van der Waals surface area (Å²) in [5.41, 5.74) is 2.05. The molecule has 3 heterocycles. The number of rotatable bonds is 5. The van der Waals surface area contributed by atoms with Gasteiger partial charge >= 0.3 is 0 Å². The highest BCUT2D eigenvalue weighted by Crippen LogP contribution is 2.17. The summed E-state index contributed by atoms with van der Waals surface area (Å²) < 4.78 is 5.58. The van der Waals surface area contributed by atoms with Gasteiger partial charge in [0.2, 0.25) is 5.89 Å². The van der Waals surface area contributed by atoms with Crippen molar-refractivity contribution in [3.63, 3.8) is 0 Å². The van der Waals surface area contributed by atoms with E-state index in [0.29, 0.717) is 24.9 Å². The summed E-state index contributed by atoms with van der Waals surface area (Å²) in [6, 6.07) is 4.26. The van der Waals surface area contributed by atoms with E-state index in [1.807, 2.05) is 20.0 Å². The van der Waals surface area contributed by atoms with Crippen molar-refractivity contribution < 1.29 is 4.42 Å². The number of guanidine groups is 1. The standard InChI is InChI=1S/C20H30N6O/c1-15-16(2)27-19(25-15)14-24-20(21-3)23-13-17-8-9-18(22-12-17)26-10-6-4-5-7-11-26/h8-9,12H,4-7,10-11,13-14H2,1-3H3,(H2,21,23,24). The lowest BCUT2D eigenvalue weighted by atomic mass is 10.2. The van der Waals surface area contributed by atoms with Crippen LogP contribution in [0, 0.1) is 13.8 Å². The van der Waals surface area contributed by atoms with Crippen LogP contribution >= 0.6 is 0 Å². The van der Waals surface area contributed by atoms with Crippen molar-refractivity contribution in [1.29, 1.82) is 0 Å². The summed E-state index contributed by atoms with van der Waals surface area (Å²) in [6.07, 6.45) is 7.13. The van der Waals surface area contributed by atoms with Crippen LogP contribution in [-0.2, 0) is 13.1 Å². The van der Waals surface area contributed by atoms with E-state index < -0.39 is 0 Å². The zero-order valence-corrected chi connectivity index (χ0v) is 16.6. The van der Waals surface area contributed by atoms with Gasteiger partial charge in [0.15, 0.2) is 5.96 Å². The Kier molecular flexibility index (Phi) is 6.68. The second kappa shape index (κ2) is 9.39. The molecule has 146 valence electrons. The number of pyridine rings is 1. The van der Waals surface area contributed by atoms with Crippen LogP contribution in [0.4, 0.5) is 5.82 Å². The van der Waals surface area contributed by atoms with Gasteiger partial charge in [0, 0.05) is 32.9 Å². The largest absolute Gasteiger partial charge is 0.444 e. The molecule has 1 aliphatic heterocycles. The third-order valence-corrected chi connectivity index (χ3v) is 4.90. The zero-order valence-electron chi connectivity index (χ0n) is 16.6. The molecule has 0 atom stereocenters. The number of aromatic nitrogens is 2. The van der Waals surface area contributed by atoms with Crippen molar-refractivity contribution in [2.45, 2.75) is 52.6 Å². The van der Waals surface area contributed by atoms with Gasteiger partial charge in [-0.15, -0.1) is 0 Å². The predicted molar refractivity (Wildman–Crippen MR) is 108 cm³/mol. The number of anilines is 1. The minimum atomic E-state index is 0.500. The van der Waals surface area contributed by atoms with Crippen molar-refractivity contribution >= 4 is 11.8 Å². The fraction of sp³-hybridized carbons (Fsp3) is 0.550. The van der Waals surface area contributed by atoms with Crippen molar-refractivity contribution in [2.75, 3.05) is 25.0 Å². The van der Waals surface area contributed by atoms with Crippen molar-refractivity contribution in [3.8, 4) is 0 Å². The number of nitrogens with zero attached hydrogens (tertiary/aromatic N) is 4. The maximum absolute atomic E-state index is 5.58. The van der Waals surface area contributed by atoms with Gasteiger partial charge < -0.3 is 20.0 Å². The molecule has 7 heteroatoms. The maximum atomic E-state index is 5.58. The fourth-order valence-electron chi connectivity index (χ4n) is 3.19. The zero-order chi connectivity index (χ0) is 19.1. The molecule has 27 heavy (non-hydrogen) atoms. The molecule has 0 aliphatic carbocycles. The van der Waals surface area contributed by atoms with Gasteiger partial charge in [-0.2, -0.15) is 0 Å². The molecular weight excluding hydrogens is 340 g/mol. The highest BCUT2D eigenvalue weighted by atomic mass is 16.4. The summed E-state index contributed by atoms with van der Waals surface area (Å²) in [5.74, 6) is 3.31. The van der Waals surface area contributed by atoms with E-state index in [-0.39, 0.29) is 0 Å². The third kappa shape index (κ3) is 5.45. The van der Waals surface area contributed by atoms with E-state index in [2.05, 4.69) is 42.6 Å². The molecule has 2 N–H and O–H groups in total. The Labute approximate surface area is 161 Å². The van der Waals surface area contributed by atoms with Gasteiger partial charge in [-0.1, -0.05) is 18.9 Å². The molecule has 2 aromatic rings. The topological polar surface area (TPSA) is 78.6 Å². The molecule has 1 fully saturated rings. The summed E-state index contributed by atoms with van der Waals surface area (Å²) in [7, 11) is 1.75. The SMILES string of the molecule is CN=C(NCc1ccc(N2CCCCCC2)nc1)NCc1nc(C)c(C)o1. The third-order valence-electron chi connectivity index (χ3n) is 4.90. The van der Waals surface area contributed by atoms with E-state index in [1.54, 1.807) is 7.05 Å². The fourth-order valence-corrected chi connectivity index (χ4v) is 3.19. The lowest BCUT2D eigenvalue weighted by Crippen LogP contribution is -2.36. The molecule has 2 aromatic heterocycles. The number of aliphatic imine (C=N–C) groups is 1. The van der Waals surface area contributed by atoms with Gasteiger partial charge in [-0.05, 0) is 38.3 Å². The van der Waals surface area contributed by atoms with Crippen LogP contribution in [0.3, 0.4) is 0 Å². The lowest BCUT2D eigenvalue weighted by molar-refractivity contribution is 0.463. The second-order valence-corrected chi connectivity index (χ2v) is 6.95. The number of nitrogens with one attached hydrogen (secondary N) is 2. The summed E-state index contributed by atoms with van der Waals surface area (Å²) >= 11 is 0. The van der Waals surface area contributed by atoms with Gasteiger partial charge in [0.05, 0.1) is 12.2 Å². The van der Waals surface area contributed by atoms with Crippen LogP contribution in [0.5, 0.6) is 0 Å². The maximum Gasteiger partial charge on any atom is 0.214 e. The normalized spacial score (nSPS) is 15.5. The Morgan fingerprint density at radius 1 is 1.11 bits per heavy atom. The highest BCUT2D eigenvalue weighted by molar-refractivity contribution is 5.79. The molecule has 1 aliphatic rings. The van der Waals surface area contributed by atoms with Crippen molar-refractivity contribution in [1.82, 2.24) is 20.6 Å².